The maximum atomic E-state index is 13.0. The Morgan fingerprint density at radius 1 is 0.875 bits per heavy atom. The third-order valence-corrected chi connectivity index (χ3v) is 6.28. The van der Waals surface area contributed by atoms with Crippen LogP contribution in [-0.2, 0) is 11.0 Å². The maximum Gasteiger partial charge on any atom is 0.416 e. The van der Waals surface area contributed by atoms with E-state index in [2.05, 4.69) is 4.90 Å². The fourth-order valence-corrected chi connectivity index (χ4v) is 4.52. The molecule has 0 spiro atoms. The van der Waals surface area contributed by atoms with E-state index in [0.717, 1.165) is 18.9 Å². The smallest absolute Gasteiger partial charge is 0.369 e. The second kappa shape index (κ2) is 9.32. The van der Waals surface area contributed by atoms with Crippen LogP contribution in [0.15, 0.2) is 54.6 Å². The number of amides is 1. The Morgan fingerprint density at radius 3 is 2.28 bits per heavy atom. The molecule has 0 saturated carbocycles. The van der Waals surface area contributed by atoms with Gasteiger partial charge in [-0.1, -0.05) is 36.4 Å². The molecule has 2 aliphatic rings. The van der Waals surface area contributed by atoms with Crippen LogP contribution in [0, 0.1) is 0 Å². The minimum atomic E-state index is -4.35. The first kappa shape index (κ1) is 22.3. The quantitative estimate of drug-likeness (QED) is 0.532. The number of likely N-dealkylation sites (tertiary alicyclic amines) is 1. The number of nitrogens with zero attached hydrogens (tertiary/aromatic N) is 3. The Labute approximate surface area is 185 Å². The minimum Gasteiger partial charge on any atom is -0.369 e. The van der Waals surface area contributed by atoms with E-state index in [1.165, 1.54) is 12.1 Å². The van der Waals surface area contributed by atoms with E-state index in [-0.39, 0.29) is 6.04 Å². The van der Waals surface area contributed by atoms with Gasteiger partial charge in [0, 0.05) is 56.6 Å². The summed E-state index contributed by atoms with van der Waals surface area (Å²) in [6.45, 7) is 3.72. The lowest BCUT2D eigenvalue weighted by Gasteiger charge is -2.43. The monoisotopic (exact) mass is 445 g/mol. The van der Waals surface area contributed by atoms with Crippen LogP contribution in [0.1, 0.15) is 28.8 Å². The topological polar surface area (TPSA) is 43.9 Å². The van der Waals surface area contributed by atoms with Gasteiger partial charge >= 0.3 is 6.18 Å². The molecule has 2 heterocycles. The second-order valence-electron chi connectivity index (χ2n) is 8.31. The number of carbonyl (C=O) groups excluding carboxylic acids is 2. The van der Waals surface area contributed by atoms with Gasteiger partial charge in [0.05, 0.1) is 5.56 Å². The van der Waals surface area contributed by atoms with Gasteiger partial charge < -0.3 is 9.80 Å². The van der Waals surface area contributed by atoms with E-state index in [9.17, 15) is 22.8 Å². The number of alkyl halides is 3. The molecule has 0 N–H and O–H groups in total. The highest BCUT2D eigenvalue weighted by Gasteiger charge is 2.34. The summed E-state index contributed by atoms with van der Waals surface area (Å²) in [5.41, 5.74) is 0.338. The van der Waals surface area contributed by atoms with Crippen LogP contribution in [0.2, 0.25) is 0 Å². The summed E-state index contributed by atoms with van der Waals surface area (Å²) in [5, 5.41) is 0. The van der Waals surface area contributed by atoms with Gasteiger partial charge in [-0.15, -0.1) is 0 Å². The molecular formula is C24H26F3N3O2. The minimum absolute atomic E-state index is 0.153. The molecule has 1 amide bonds. The van der Waals surface area contributed by atoms with Crippen molar-refractivity contribution in [3.63, 3.8) is 0 Å². The molecule has 2 fully saturated rings. The number of Topliss-reactive ketones (excluding diaryl/α,β-unsaturated/α-hetero) is 1. The number of halogens is 3. The zero-order chi connectivity index (χ0) is 22.7. The van der Waals surface area contributed by atoms with Gasteiger partial charge in [0.2, 0.25) is 5.78 Å². The second-order valence-corrected chi connectivity index (χ2v) is 8.31. The van der Waals surface area contributed by atoms with E-state index < -0.39 is 23.4 Å². The highest BCUT2D eigenvalue weighted by Crippen LogP contribution is 2.32. The van der Waals surface area contributed by atoms with Gasteiger partial charge in [0.1, 0.15) is 0 Å². The number of hydrogen-bond acceptors (Lipinski definition) is 4. The molecule has 2 aromatic rings. The highest BCUT2D eigenvalue weighted by atomic mass is 19.4. The standard InChI is InChI=1S/C24H26F3N3O2/c25-24(26,27)19-8-4-9-20(16-19)28-12-14-29(15-13-28)21-10-5-11-30(17-21)23(32)22(31)18-6-2-1-3-7-18/h1-4,6-9,16,21H,5,10-15,17H2/t21-/m1/s1. The van der Waals surface area contributed by atoms with Crippen molar-refractivity contribution in [2.45, 2.75) is 25.1 Å². The molecule has 32 heavy (non-hydrogen) atoms. The first-order valence-electron chi connectivity index (χ1n) is 10.9. The molecule has 170 valence electrons. The molecule has 0 aliphatic carbocycles. The van der Waals surface area contributed by atoms with E-state index in [0.29, 0.717) is 50.5 Å². The lowest BCUT2D eigenvalue weighted by Crippen LogP contribution is -2.56. The number of ketones is 1. The molecular weight excluding hydrogens is 419 g/mol. The van der Waals surface area contributed by atoms with E-state index in [1.54, 1.807) is 41.3 Å². The van der Waals surface area contributed by atoms with Crippen molar-refractivity contribution in [2.24, 2.45) is 0 Å². The Balaban J connectivity index is 1.35. The number of piperazine rings is 1. The van der Waals surface area contributed by atoms with Crippen LogP contribution in [0.25, 0.3) is 0 Å². The first-order chi connectivity index (χ1) is 15.3. The van der Waals surface area contributed by atoms with E-state index >= 15 is 0 Å². The normalized spacial score (nSPS) is 20.3. The van der Waals surface area contributed by atoms with Crippen molar-refractivity contribution in [1.82, 2.24) is 9.80 Å². The fourth-order valence-electron chi connectivity index (χ4n) is 4.52. The number of benzene rings is 2. The average Bonchev–Trinajstić information content (AvgIpc) is 2.83. The first-order valence-corrected chi connectivity index (χ1v) is 10.9. The average molecular weight is 445 g/mol. The Hall–Kier alpha value is -2.87. The van der Waals surface area contributed by atoms with Crippen LogP contribution >= 0.6 is 0 Å². The van der Waals surface area contributed by atoms with Crippen LogP contribution in [0.4, 0.5) is 18.9 Å². The third-order valence-electron chi connectivity index (χ3n) is 6.28. The molecule has 0 radical (unpaired) electrons. The van der Waals surface area contributed by atoms with Crippen molar-refractivity contribution in [1.29, 1.82) is 0 Å². The summed E-state index contributed by atoms with van der Waals surface area (Å²) in [7, 11) is 0. The lowest BCUT2D eigenvalue weighted by atomic mass is 10.0. The summed E-state index contributed by atoms with van der Waals surface area (Å²) in [6.07, 6.45) is -2.59. The van der Waals surface area contributed by atoms with Gasteiger partial charge in [0.25, 0.3) is 5.91 Å². The zero-order valence-corrected chi connectivity index (χ0v) is 17.7. The summed E-state index contributed by atoms with van der Waals surface area (Å²) >= 11 is 0. The fraction of sp³-hybridized carbons (Fsp3) is 0.417. The molecule has 0 aromatic heterocycles. The molecule has 2 saturated heterocycles. The number of anilines is 1. The van der Waals surface area contributed by atoms with Crippen molar-refractivity contribution in [3.8, 4) is 0 Å². The van der Waals surface area contributed by atoms with Gasteiger partial charge in [-0.2, -0.15) is 13.2 Å². The number of hydrogen-bond donors (Lipinski definition) is 0. The number of piperidine rings is 1. The molecule has 2 aliphatic heterocycles. The van der Waals surface area contributed by atoms with Crippen molar-refractivity contribution in [2.75, 3.05) is 44.2 Å². The van der Waals surface area contributed by atoms with Crippen molar-refractivity contribution in [3.05, 3.63) is 65.7 Å². The lowest BCUT2D eigenvalue weighted by molar-refractivity contribution is -0.137. The van der Waals surface area contributed by atoms with Gasteiger partial charge in [-0.25, -0.2) is 0 Å². The van der Waals surface area contributed by atoms with Crippen LogP contribution in [0.5, 0.6) is 0 Å². The van der Waals surface area contributed by atoms with Gasteiger partial charge in [0.15, 0.2) is 0 Å². The largest absolute Gasteiger partial charge is 0.416 e. The maximum absolute atomic E-state index is 13.0. The molecule has 2 aromatic carbocycles. The molecule has 0 bridgehead atoms. The summed E-state index contributed by atoms with van der Waals surface area (Å²) in [4.78, 5) is 31.2. The van der Waals surface area contributed by atoms with Crippen LogP contribution < -0.4 is 4.90 Å². The van der Waals surface area contributed by atoms with Crippen LogP contribution in [-0.4, -0.2) is 66.8 Å². The number of carbonyl (C=O) groups is 2. The van der Waals surface area contributed by atoms with Gasteiger partial charge in [-0.3, -0.25) is 14.5 Å². The predicted molar refractivity (Wildman–Crippen MR) is 116 cm³/mol. The predicted octanol–water partition coefficient (Wildman–Crippen LogP) is 3.70. The highest BCUT2D eigenvalue weighted by molar-refractivity contribution is 6.42. The van der Waals surface area contributed by atoms with E-state index in [1.807, 2.05) is 4.90 Å². The summed E-state index contributed by atoms with van der Waals surface area (Å²) < 4.78 is 39.1. The third kappa shape index (κ3) is 4.96. The Kier molecular flexibility index (Phi) is 6.50. The summed E-state index contributed by atoms with van der Waals surface area (Å²) in [6, 6.07) is 14.2. The number of rotatable bonds is 4. The SMILES string of the molecule is O=C(C(=O)N1CCC[C@@H](N2CCN(c3cccc(C(F)(F)F)c3)CC2)C1)c1ccccc1. The van der Waals surface area contributed by atoms with Crippen LogP contribution in [0.3, 0.4) is 0 Å². The molecule has 4 rings (SSSR count). The summed E-state index contributed by atoms with van der Waals surface area (Å²) in [5.74, 6) is -0.955. The molecule has 0 unspecified atom stereocenters. The molecule has 8 heteroatoms. The molecule has 1 atom stereocenters. The van der Waals surface area contributed by atoms with Crippen molar-refractivity contribution >= 4 is 17.4 Å². The van der Waals surface area contributed by atoms with E-state index in [4.69, 9.17) is 0 Å². The van der Waals surface area contributed by atoms with Gasteiger partial charge in [-0.05, 0) is 31.0 Å². The molecule has 5 nitrogen and oxygen atoms in total. The zero-order valence-electron chi connectivity index (χ0n) is 17.7. The Morgan fingerprint density at radius 2 is 1.59 bits per heavy atom. The van der Waals surface area contributed by atoms with Crippen molar-refractivity contribution < 1.29 is 22.8 Å². The Bertz CT molecular complexity index is 956.